The molecule has 1 amide bonds. The Morgan fingerprint density at radius 1 is 0.906 bits per heavy atom. The molecule has 0 atom stereocenters. The quantitative estimate of drug-likeness (QED) is 0.412. The maximum Gasteiger partial charge on any atom is 0.251 e. The van der Waals surface area contributed by atoms with Crippen LogP contribution in [0.5, 0.6) is 0 Å². The van der Waals surface area contributed by atoms with Crippen molar-refractivity contribution < 1.29 is 13.2 Å². The van der Waals surface area contributed by atoms with E-state index >= 15 is 0 Å². The third-order valence-corrected chi connectivity index (χ3v) is 6.85. The van der Waals surface area contributed by atoms with Crippen molar-refractivity contribution in [3.8, 4) is 0 Å². The third-order valence-electron chi connectivity index (χ3n) is 4.91. The maximum absolute atomic E-state index is 12.4. The Morgan fingerprint density at radius 2 is 1.59 bits per heavy atom. The molecule has 0 aromatic heterocycles. The number of rotatable bonds is 9. The molecule has 3 aromatic carbocycles. The topological polar surface area (TPSA) is 66.5 Å². The van der Waals surface area contributed by atoms with E-state index in [2.05, 4.69) is 17.4 Å². The summed E-state index contributed by atoms with van der Waals surface area (Å²) in [6.45, 7) is 0.641. The van der Waals surface area contributed by atoms with Gasteiger partial charge in [0.25, 0.3) is 5.91 Å². The van der Waals surface area contributed by atoms with Crippen LogP contribution in [0.1, 0.15) is 27.9 Å². The number of sulfonamides is 1. The smallest absolute Gasteiger partial charge is 0.251 e. The molecule has 0 fully saturated rings. The van der Waals surface area contributed by atoms with Crippen molar-refractivity contribution in [2.75, 3.05) is 17.1 Å². The first-order chi connectivity index (χ1) is 15.3. The van der Waals surface area contributed by atoms with Gasteiger partial charge in [0.1, 0.15) is 0 Å². The molecule has 0 aliphatic heterocycles. The van der Waals surface area contributed by atoms with Crippen LogP contribution in [-0.4, -0.2) is 27.1 Å². The second-order valence-corrected chi connectivity index (χ2v) is 10.1. The van der Waals surface area contributed by atoms with Gasteiger partial charge >= 0.3 is 0 Å². The summed E-state index contributed by atoms with van der Waals surface area (Å²) in [7, 11) is -3.61. The minimum Gasteiger partial charge on any atom is -0.352 e. The lowest BCUT2D eigenvalue weighted by Gasteiger charge is -2.24. The van der Waals surface area contributed by atoms with Crippen LogP contribution >= 0.6 is 23.2 Å². The van der Waals surface area contributed by atoms with E-state index < -0.39 is 10.0 Å². The van der Waals surface area contributed by atoms with Crippen LogP contribution in [0.4, 0.5) is 5.69 Å². The zero-order valence-corrected chi connectivity index (χ0v) is 19.9. The van der Waals surface area contributed by atoms with Gasteiger partial charge in [-0.2, -0.15) is 0 Å². The number of nitrogens with one attached hydrogen (secondary N) is 1. The number of benzene rings is 3. The van der Waals surface area contributed by atoms with E-state index in [0.29, 0.717) is 23.4 Å². The van der Waals surface area contributed by atoms with E-state index in [-0.39, 0.29) is 22.5 Å². The average molecular weight is 491 g/mol. The molecule has 0 spiro atoms. The summed E-state index contributed by atoms with van der Waals surface area (Å²) in [6.07, 6.45) is 2.85. The molecule has 32 heavy (non-hydrogen) atoms. The van der Waals surface area contributed by atoms with E-state index in [9.17, 15) is 13.2 Å². The summed E-state index contributed by atoms with van der Waals surface area (Å²) in [4.78, 5) is 12.4. The van der Waals surface area contributed by atoms with E-state index in [1.807, 2.05) is 18.2 Å². The van der Waals surface area contributed by atoms with Crippen molar-refractivity contribution in [1.29, 1.82) is 0 Å². The van der Waals surface area contributed by atoms with Crippen molar-refractivity contribution in [2.45, 2.75) is 19.4 Å². The molecule has 3 rings (SSSR count). The highest BCUT2D eigenvalue weighted by Gasteiger charge is 2.21. The Bertz CT molecular complexity index is 1170. The third kappa shape index (κ3) is 6.48. The van der Waals surface area contributed by atoms with Crippen LogP contribution in [0, 0.1) is 0 Å². The largest absolute Gasteiger partial charge is 0.352 e. The fourth-order valence-corrected chi connectivity index (χ4v) is 4.58. The molecule has 5 nitrogen and oxygen atoms in total. The molecular weight excluding hydrogens is 467 g/mol. The first kappa shape index (κ1) is 24.1. The Balaban J connectivity index is 1.62. The molecule has 0 radical (unpaired) electrons. The van der Waals surface area contributed by atoms with Crippen LogP contribution < -0.4 is 9.62 Å². The van der Waals surface area contributed by atoms with E-state index in [0.717, 1.165) is 19.1 Å². The number of amides is 1. The van der Waals surface area contributed by atoms with Crippen molar-refractivity contribution >= 4 is 44.8 Å². The normalized spacial score (nSPS) is 11.2. The maximum atomic E-state index is 12.4. The lowest BCUT2D eigenvalue weighted by atomic mass is 10.1. The molecule has 0 unspecified atom stereocenters. The highest BCUT2D eigenvalue weighted by Crippen LogP contribution is 2.34. The molecule has 3 aromatic rings. The van der Waals surface area contributed by atoms with Gasteiger partial charge in [0, 0.05) is 12.1 Å². The van der Waals surface area contributed by atoms with Gasteiger partial charge in [0.15, 0.2) is 0 Å². The number of halogens is 2. The summed E-state index contributed by atoms with van der Waals surface area (Å²) in [5, 5.41) is 3.36. The number of nitrogens with zero attached hydrogens (tertiary/aromatic N) is 1. The van der Waals surface area contributed by atoms with E-state index in [4.69, 9.17) is 23.2 Å². The monoisotopic (exact) mass is 490 g/mol. The standard InChI is InChI=1S/C24H24Cl2N2O3S/c1-32(30,31)28(22-11-5-10-21(25)23(22)26)17-19-12-14-20(15-13-19)24(29)27-16-6-9-18-7-3-2-4-8-18/h2-5,7-8,10-15H,6,9,16-17H2,1H3,(H,27,29). The highest BCUT2D eigenvalue weighted by atomic mass is 35.5. The Morgan fingerprint density at radius 3 is 2.25 bits per heavy atom. The zero-order valence-electron chi connectivity index (χ0n) is 17.6. The van der Waals surface area contributed by atoms with E-state index in [1.165, 1.54) is 9.87 Å². The number of hydrogen-bond acceptors (Lipinski definition) is 3. The van der Waals surface area contributed by atoms with Crippen molar-refractivity contribution in [1.82, 2.24) is 5.32 Å². The first-order valence-corrected chi connectivity index (χ1v) is 12.7. The van der Waals surface area contributed by atoms with Crippen LogP contribution in [0.25, 0.3) is 0 Å². The number of carbonyl (C=O) groups excluding carboxylic acids is 1. The summed E-state index contributed by atoms with van der Waals surface area (Å²) < 4.78 is 26.0. The highest BCUT2D eigenvalue weighted by molar-refractivity contribution is 7.92. The predicted octanol–water partition coefficient (Wildman–Crippen LogP) is 5.32. The van der Waals surface area contributed by atoms with Gasteiger partial charge in [-0.05, 0) is 48.2 Å². The second kappa shape index (κ2) is 10.9. The number of anilines is 1. The molecule has 0 bridgehead atoms. The van der Waals surface area contributed by atoms with Gasteiger partial charge in [0.05, 0.1) is 28.5 Å². The van der Waals surface area contributed by atoms with Crippen LogP contribution in [0.3, 0.4) is 0 Å². The molecule has 0 saturated carbocycles. The molecule has 1 N–H and O–H groups in total. The lowest BCUT2D eigenvalue weighted by Crippen LogP contribution is -2.29. The molecule has 8 heteroatoms. The van der Waals surface area contributed by atoms with Crippen molar-refractivity contribution in [3.63, 3.8) is 0 Å². The van der Waals surface area contributed by atoms with Gasteiger partial charge < -0.3 is 5.32 Å². The molecular formula is C24H24Cl2N2O3S. The van der Waals surface area contributed by atoms with Gasteiger partial charge in [-0.15, -0.1) is 0 Å². The molecule has 168 valence electrons. The summed E-state index contributed by atoms with van der Waals surface area (Å²) in [5.41, 5.74) is 2.77. The Hall–Kier alpha value is -2.54. The average Bonchev–Trinajstić information content (AvgIpc) is 2.77. The minimum atomic E-state index is -3.61. The van der Waals surface area contributed by atoms with Crippen molar-refractivity contribution in [3.05, 3.63) is 99.5 Å². The predicted molar refractivity (Wildman–Crippen MR) is 131 cm³/mol. The minimum absolute atomic E-state index is 0.0673. The van der Waals surface area contributed by atoms with Gasteiger partial charge in [0.2, 0.25) is 10.0 Å². The van der Waals surface area contributed by atoms with Gasteiger partial charge in [-0.3, -0.25) is 9.10 Å². The number of carbonyl (C=O) groups is 1. The lowest BCUT2D eigenvalue weighted by molar-refractivity contribution is 0.0953. The van der Waals surface area contributed by atoms with Gasteiger partial charge in [-0.1, -0.05) is 71.7 Å². The summed E-state index contributed by atoms with van der Waals surface area (Å²) in [5.74, 6) is -0.164. The Kier molecular flexibility index (Phi) is 8.18. The number of aryl methyl sites for hydroxylation is 1. The molecule has 0 heterocycles. The van der Waals surface area contributed by atoms with Crippen LogP contribution in [0.15, 0.2) is 72.8 Å². The number of hydrogen-bond donors (Lipinski definition) is 1. The Labute approximate surface area is 199 Å². The fraction of sp³-hybridized carbons (Fsp3) is 0.208. The van der Waals surface area contributed by atoms with E-state index in [1.54, 1.807) is 42.5 Å². The summed E-state index contributed by atoms with van der Waals surface area (Å²) >= 11 is 12.3. The molecule has 0 aliphatic rings. The molecule has 0 aliphatic carbocycles. The van der Waals surface area contributed by atoms with Crippen molar-refractivity contribution in [2.24, 2.45) is 0 Å². The molecule has 0 saturated heterocycles. The fourth-order valence-electron chi connectivity index (χ4n) is 3.23. The second-order valence-electron chi connectivity index (χ2n) is 7.38. The zero-order chi connectivity index (χ0) is 23.1. The van der Waals surface area contributed by atoms with Gasteiger partial charge in [-0.25, -0.2) is 8.42 Å². The van der Waals surface area contributed by atoms with Crippen LogP contribution in [0.2, 0.25) is 10.0 Å². The SMILES string of the molecule is CS(=O)(=O)N(Cc1ccc(C(=O)NCCCc2ccccc2)cc1)c1cccc(Cl)c1Cl. The van der Waals surface area contributed by atoms with Crippen LogP contribution in [-0.2, 0) is 23.0 Å². The summed E-state index contributed by atoms with van der Waals surface area (Å²) in [6, 6.07) is 21.8. The first-order valence-electron chi connectivity index (χ1n) is 10.1.